The zero-order valence-electron chi connectivity index (χ0n) is 14.9. The lowest BCUT2D eigenvalue weighted by Gasteiger charge is -2.14. The number of nitrogens with zero attached hydrogens (tertiary/aromatic N) is 4. The van der Waals surface area contributed by atoms with Gasteiger partial charge >= 0.3 is 0 Å². The lowest BCUT2D eigenvalue weighted by molar-refractivity contribution is 0.756. The second-order valence-electron chi connectivity index (χ2n) is 6.84. The highest BCUT2D eigenvalue weighted by molar-refractivity contribution is 6.50. The summed E-state index contributed by atoms with van der Waals surface area (Å²) in [4.78, 5) is 9.16. The Balaban J connectivity index is 1.51. The molecule has 0 amide bonds. The van der Waals surface area contributed by atoms with Crippen LogP contribution in [0.4, 0.5) is 11.8 Å². The monoisotopic (exact) mass is 405 g/mol. The summed E-state index contributed by atoms with van der Waals surface area (Å²) in [5, 5.41) is 11.7. The first-order valence-corrected chi connectivity index (χ1v) is 9.55. The van der Waals surface area contributed by atoms with Gasteiger partial charge in [0.1, 0.15) is 10.2 Å². The van der Waals surface area contributed by atoms with Gasteiger partial charge in [-0.2, -0.15) is 15.1 Å². The molecule has 7 nitrogen and oxygen atoms in total. The topological polar surface area (TPSA) is 93.7 Å². The molecule has 1 aromatic carbocycles. The molecule has 4 N–H and O–H groups in total. The van der Waals surface area contributed by atoms with Crippen LogP contribution in [0.1, 0.15) is 18.0 Å². The third kappa shape index (κ3) is 3.95. The SMILES string of the molecule is Cn1ncc2c(NCC3CC3(Cl)Cl)nc(NCC(N)c3ccccc3)nc21. The average molecular weight is 406 g/mol. The molecular weight excluding hydrogens is 385 g/mol. The molecule has 0 saturated heterocycles. The van der Waals surface area contributed by atoms with E-state index in [0.717, 1.165) is 23.0 Å². The van der Waals surface area contributed by atoms with Crippen molar-refractivity contribution in [3.05, 3.63) is 42.1 Å². The Morgan fingerprint density at radius 1 is 1.26 bits per heavy atom. The summed E-state index contributed by atoms with van der Waals surface area (Å²) in [6.07, 6.45) is 2.53. The first-order valence-electron chi connectivity index (χ1n) is 8.80. The molecule has 1 aliphatic rings. The van der Waals surface area contributed by atoms with Crippen molar-refractivity contribution in [1.29, 1.82) is 0 Å². The van der Waals surface area contributed by atoms with Crippen molar-refractivity contribution in [2.45, 2.75) is 16.8 Å². The Hall–Kier alpha value is -2.09. The Labute approximate surface area is 167 Å². The quantitative estimate of drug-likeness (QED) is 0.522. The largest absolute Gasteiger partial charge is 0.369 e. The number of fused-ring (bicyclic) bond motifs is 1. The van der Waals surface area contributed by atoms with Gasteiger partial charge in [0.2, 0.25) is 5.95 Å². The lowest BCUT2D eigenvalue weighted by Crippen LogP contribution is -2.21. The van der Waals surface area contributed by atoms with Crippen molar-refractivity contribution in [3.8, 4) is 0 Å². The molecule has 1 aliphatic carbocycles. The fourth-order valence-corrected chi connectivity index (χ4v) is 3.49. The maximum Gasteiger partial charge on any atom is 0.226 e. The van der Waals surface area contributed by atoms with E-state index in [1.165, 1.54) is 0 Å². The predicted molar refractivity (Wildman–Crippen MR) is 109 cm³/mol. The second kappa shape index (κ2) is 7.14. The van der Waals surface area contributed by atoms with E-state index in [9.17, 15) is 0 Å². The van der Waals surface area contributed by atoms with Crippen LogP contribution in [0, 0.1) is 5.92 Å². The summed E-state index contributed by atoms with van der Waals surface area (Å²) in [6.45, 7) is 1.17. The van der Waals surface area contributed by atoms with Crippen molar-refractivity contribution < 1.29 is 0 Å². The first kappa shape index (κ1) is 18.3. The molecule has 0 aliphatic heterocycles. The number of alkyl halides is 2. The summed E-state index contributed by atoms with van der Waals surface area (Å²) >= 11 is 12.2. The van der Waals surface area contributed by atoms with Crippen LogP contribution in [0.3, 0.4) is 0 Å². The Bertz CT molecular complexity index is 942. The van der Waals surface area contributed by atoms with Gasteiger partial charge in [0, 0.05) is 32.1 Å². The van der Waals surface area contributed by atoms with E-state index in [2.05, 4.69) is 25.7 Å². The number of hydrogen-bond acceptors (Lipinski definition) is 6. The van der Waals surface area contributed by atoms with E-state index in [0.29, 0.717) is 24.9 Å². The number of aromatic nitrogens is 4. The molecular formula is C18H21Cl2N7. The number of anilines is 2. The maximum atomic E-state index is 6.26. The van der Waals surface area contributed by atoms with Gasteiger partial charge in [-0.3, -0.25) is 4.68 Å². The summed E-state index contributed by atoms with van der Waals surface area (Å²) in [7, 11) is 1.85. The molecule has 0 bridgehead atoms. The normalized spacial score (nSPS) is 19.0. The van der Waals surface area contributed by atoms with Gasteiger partial charge in [-0.15, -0.1) is 23.2 Å². The van der Waals surface area contributed by atoms with Gasteiger partial charge in [-0.1, -0.05) is 30.3 Å². The summed E-state index contributed by atoms with van der Waals surface area (Å²) in [5.41, 5.74) is 8.05. The molecule has 2 heterocycles. The van der Waals surface area contributed by atoms with Crippen LogP contribution >= 0.6 is 23.2 Å². The van der Waals surface area contributed by atoms with Gasteiger partial charge in [0.15, 0.2) is 5.65 Å². The number of nitrogens with one attached hydrogen (secondary N) is 2. The van der Waals surface area contributed by atoms with Crippen LogP contribution in [-0.4, -0.2) is 37.2 Å². The molecule has 2 atom stereocenters. The van der Waals surface area contributed by atoms with E-state index in [-0.39, 0.29) is 12.0 Å². The van der Waals surface area contributed by atoms with Crippen LogP contribution in [0.5, 0.6) is 0 Å². The zero-order valence-corrected chi connectivity index (χ0v) is 16.4. The summed E-state index contributed by atoms with van der Waals surface area (Å²) in [5.74, 6) is 1.42. The Morgan fingerprint density at radius 3 is 2.70 bits per heavy atom. The fraction of sp³-hybridized carbons (Fsp3) is 0.389. The summed E-state index contributed by atoms with van der Waals surface area (Å²) in [6, 6.07) is 9.77. The van der Waals surface area contributed by atoms with Crippen molar-refractivity contribution in [2.24, 2.45) is 18.7 Å². The zero-order chi connectivity index (χ0) is 19.0. The van der Waals surface area contributed by atoms with Crippen molar-refractivity contribution in [2.75, 3.05) is 23.7 Å². The van der Waals surface area contributed by atoms with E-state index in [1.807, 2.05) is 37.4 Å². The molecule has 2 unspecified atom stereocenters. The van der Waals surface area contributed by atoms with Crippen LogP contribution in [-0.2, 0) is 7.05 Å². The molecule has 4 rings (SSSR count). The first-order chi connectivity index (χ1) is 12.9. The van der Waals surface area contributed by atoms with E-state index in [1.54, 1.807) is 10.9 Å². The molecule has 27 heavy (non-hydrogen) atoms. The number of nitrogens with two attached hydrogens (primary N) is 1. The van der Waals surface area contributed by atoms with Crippen LogP contribution in [0.2, 0.25) is 0 Å². The Morgan fingerprint density at radius 2 is 2.00 bits per heavy atom. The molecule has 1 saturated carbocycles. The van der Waals surface area contributed by atoms with E-state index < -0.39 is 4.33 Å². The third-order valence-electron chi connectivity index (χ3n) is 4.77. The third-order valence-corrected chi connectivity index (χ3v) is 5.70. The predicted octanol–water partition coefficient (Wildman–Crippen LogP) is 3.08. The molecule has 3 aromatic rings. The highest BCUT2D eigenvalue weighted by atomic mass is 35.5. The van der Waals surface area contributed by atoms with E-state index in [4.69, 9.17) is 28.9 Å². The number of aryl methyl sites for hydroxylation is 1. The number of halogens is 2. The van der Waals surface area contributed by atoms with Crippen molar-refractivity contribution in [1.82, 2.24) is 19.7 Å². The number of benzene rings is 1. The minimum atomic E-state index is -0.627. The van der Waals surface area contributed by atoms with Gasteiger partial charge in [0.25, 0.3) is 0 Å². The highest BCUT2D eigenvalue weighted by Crippen LogP contribution is 2.53. The molecule has 1 fully saturated rings. The molecule has 142 valence electrons. The number of hydrogen-bond donors (Lipinski definition) is 3. The van der Waals surface area contributed by atoms with Crippen LogP contribution in [0.25, 0.3) is 11.0 Å². The average Bonchev–Trinajstić information content (AvgIpc) is 3.11. The lowest BCUT2D eigenvalue weighted by atomic mass is 10.1. The fourth-order valence-electron chi connectivity index (χ4n) is 2.97. The molecule has 2 aromatic heterocycles. The minimum absolute atomic E-state index is 0.159. The van der Waals surface area contributed by atoms with E-state index >= 15 is 0 Å². The summed E-state index contributed by atoms with van der Waals surface area (Å²) < 4.78 is 1.09. The standard InChI is InChI=1S/C18H21Cl2N7/c1-27-16-13(9-24-27)15(22-8-12-7-18(12,19)20)25-17(26-16)23-10-14(21)11-5-3-2-4-6-11/h2-6,9,12,14H,7-8,10,21H2,1H3,(H2,22,23,25,26). The number of rotatable bonds is 7. The molecule has 0 radical (unpaired) electrons. The molecule has 0 spiro atoms. The second-order valence-corrected chi connectivity index (χ2v) is 8.38. The molecule has 9 heteroatoms. The van der Waals surface area contributed by atoms with Crippen molar-refractivity contribution >= 4 is 46.0 Å². The Kier molecular flexibility index (Phi) is 4.84. The smallest absolute Gasteiger partial charge is 0.226 e. The highest BCUT2D eigenvalue weighted by Gasteiger charge is 2.51. The van der Waals surface area contributed by atoms with Gasteiger partial charge in [-0.05, 0) is 12.0 Å². The van der Waals surface area contributed by atoms with Gasteiger partial charge < -0.3 is 16.4 Å². The van der Waals surface area contributed by atoms with Crippen LogP contribution in [0.15, 0.2) is 36.5 Å². The van der Waals surface area contributed by atoms with Gasteiger partial charge in [-0.25, -0.2) is 0 Å². The van der Waals surface area contributed by atoms with Gasteiger partial charge in [0.05, 0.1) is 11.6 Å². The van der Waals surface area contributed by atoms with Crippen LogP contribution < -0.4 is 16.4 Å². The van der Waals surface area contributed by atoms with Crippen molar-refractivity contribution in [3.63, 3.8) is 0 Å². The minimum Gasteiger partial charge on any atom is -0.369 e. The maximum absolute atomic E-state index is 6.26.